The third-order valence-electron chi connectivity index (χ3n) is 3.64. The number of nitrogens with zero attached hydrogens (tertiary/aromatic N) is 1. The van der Waals surface area contributed by atoms with Gasteiger partial charge in [-0.25, -0.2) is 5.01 Å². The van der Waals surface area contributed by atoms with Crippen molar-refractivity contribution in [2.75, 3.05) is 39.5 Å². The largest absolute Gasteiger partial charge is 0.394 e. The van der Waals surface area contributed by atoms with Crippen molar-refractivity contribution in [3.05, 3.63) is 0 Å². The summed E-state index contributed by atoms with van der Waals surface area (Å²) in [6, 6.07) is 0. The van der Waals surface area contributed by atoms with E-state index in [1.165, 1.54) is 5.01 Å². The number of aliphatic hydroxyl groups excluding tert-OH is 2. The molecular weight excluding hydrogens is 262 g/mol. The van der Waals surface area contributed by atoms with Gasteiger partial charge in [0.05, 0.1) is 25.9 Å². The van der Waals surface area contributed by atoms with Gasteiger partial charge in [0.2, 0.25) is 0 Å². The van der Waals surface area contributed by atoms with Crippen molar-refractivity contribution < 1.29 is 19.7 Å². The van der Waals surface area contributed by atoms with Gasteiger partial charge in [-0.1, -0.05) is 0 Å². The number of aliphatic hydroxyl groups is 2. The smallest absolute Gasteiger partial charge is 0.152 e. The number of ether oxygens (including phenoxy) is 1. The summed E-state index contributed by atoms with van der Waals surface area (Å²) in [5.41, 5.74) is -0.428. The summed E-state index contributed by atoms with van der Waals surface area (Å²) in [5, 5.41) is 22.8. The van der Waals surface area contributed by atoms with Crippen LogP contribution >= 0.6 is 0 Å². The molecule has 0 aliphatic carbocycles. The SMILES string of the molecule is CC(C)(CNCC(=O)C1CCOC1)N(N)CC(O)CO. The summed E-state index contributed by atoms with van der Waals surface area (Å²) in [6.07, 6.45) is -0.0631. The number of rotatable bonds is 9. The molecule has 7 heteroatoms. The zero-order chi connectivity index (χ0) is 15.2. The minimum Gasteiger partial charge on any atom is -0.394 e. The fourth-order valence-electron chi connectivity index (χ4n) is 2.06. The first-order valence-corrected chi connectivity index (χ1v) is 6.99. The molecule has 2 unspecified atom stereocenters. The standard InChI is InChI=1S/C13H27N3O4/c1-13(2,16(14)6-11(18)7-17)9-15-5-12(19)10-3-4-20-8-10/h10-11,15,17-18H,3-9,14H2,1-2H3. The topological polar surface area (TPSA) is 108 Å². The van der Waals surface area contributed by atoms with E-state index in [1.807, 2.05) is 13.8 Å². The molecule has 1 aliphatic heterocycles. The van der Waals surface area contributed by atoms with Crippen LogP contribution in [0.1, 0.15) is 20.3 Å². The van der Waals surface area contributed by atoms with Gasteiger partial charge in [-0.3, -0.25) is 10.6 Å². The van der Waals surface area contributed by atoms with Crippen LogP contribution in [0, 0.1) is 5.92 Å². The summed E-state index contributed by atoms with van der Waals surface area (Å²) < 4.78 is 5.19. The highest BCUT2D eigenvalue weighted by Gasteiger charge is 2.27. The van der Waals surface area contributed by atoms with Crippen LogP contribution in [0.4, 0.5) is 0 Å². The van der Waals surface area contributed by atoms with E-state index in [0.29, 0.717) is 26.3 Å². The molecule has 0 amide bonds. The number of carbonyl (C=O) groups excluding carboxylic acids is 1. The highest BCUT2D eigenvalue weighted by atomic mass is 16.5. The first-order valence-electron chi connectivity index (χ1n) is 6.99. The number of hydrogen-bond acceptors (Lipinski definition) is 7. The Bertz CT molecular complexity index is 306. The molecular formula is C13H27N3O4. The van der Waals surface area contributed by atoms with Gasteiger partial charge < -0.3 is 20.3 Å². The Balaban J connectivity index is 2.29. The average molecular weight is 289 g/mol. The third kappa shape index (κ3) is 5.43. The van der Waals surface area contributed by atoms with Crippen molar-refractivity contribution in [1.82, 2.24) is 10.3 Å². The normalized spacial score (nSPS) is 21.4. The van der Waals surface area contributed by atoms with Crippen LogP contribution in [0.15, 0.2) is 0 Å². The molecule has 0 spiro atoms. The van der Waals surface area contributed by atoms with Crippen molar-refractivity contribution in [2.45, 2.75) is 31.9 Å². The van der Waals surface area contributed by atoms with Crippen LogP contribution < -0.4 is 11.2 Å². The molecule has 1 aliphatic rings. The van der Waals surface area contributed by atoms with E-state index < -0.39 is 11.6 Å². The molecule has 0 aromatic rings. The number of ketones is 1. The van der Waals surface area contributed by atoms with E-state index in [2.05, 4.69) is 5.32 Å². The molecule has 0 radical (unpaired) electrons. The Labute approximate surface area is 120 Å². The van der Waals surface area contributed by atoms with Gasteiger partial charge in [0, 0.05) is 31.2 Å². The number of carbonyl (C=O) groups is 1. The Kier molecular flexibility index (Phi) is 7.01. The Morgan fingerprint density at radius 1 is 1.60 bits per heavy atom. The van der Waals surface area contributed by atoms with Crippen molar-refractivity contribution >= 4 is 5.78 Å². The minimum atomic E-state index is -0.864. The van der Waals surface area contributed by atoms with Crippen LogP contribution in [-0.2, 0) is 9.53 Å². The monoisotopic (exact) mass is 289 g/mol. The van der Waals surface area contributed by atoms with Crippen LogP contribution in [0.5, 0.6) is 0 Å². The molecule has 1 rings (SSSR count). The zero-order valence-electron chi connectivity index (χ0n) is 12.3. The number of hydrazine groups is 1. The molecule has 1 heterocycles. The zero-order valence-corrected chi connectivity index (χ0v) is 12.3. The second-order valence-electron chi connectivity index (χ2n) is 5.93. The van der Waals surface area contributed by atoms with Crippen molar-refractivity contribution in [3.8, 4) is 0 Å². The third-order valence-corrected chi connectivity index (χ3v) is 3.64. The van der Waals surface area contributed by atoms with Crippen LogP contribution in [0.2, 0.25) is 0 Å². The van der Waals surface area contributed by atoms with Crippen LogP contribution in [0.3, 0.4) is 0 Å². The van der Waals surface area contributed by atoms with Gasteiger partial charge in [0.15, 0.2) is 5.78 Å². The van der Waals surface area contributed by atoms with E-state index in [0.717, 1.165) is 6.42 Å². The molecule has 1 fully saturated rings. The molecule has 2 atom stereocenters. The second kappa shape index (κ2) is 8.02. The predicted octanol–water partition coefficient (Wildman–Crippen LogP) is -1.51. The van der Waals surface area contributed by atoms with Crippen molar-refractivity contribution in [2.24, 2.45) is 11.8 Å². The summed E-state index contributed by atoms with van der Waals surface area (Å²) in [6.45, 7) is 5.68. The quantitative estimate of drug-likeness (QED) is 0.302. The number of Topliss-reactive ketones (excluding diaryl/α,β-unsaturated/α-hetero) is 1. The van der Waals surface area contributed by atoms with E-state index in [-0.39, 0.29) is 24.9 Å². The number of nitrogens with one attached hydrogen (secondary N) is 1. The van der Waals surface area contributed by atoms with Gasteiger partial charge in [-0.15, -0.1) is 0 Å². The lowest BCUT2D eigenvalue weighted by molar-refractivity contribution is -0.122. The lowest BCUT2D eigenvalue weighted by atomic mass is 10.0. The first-order chi connectivity index (χ1) is 9.36. The first kappa shape index (κ1) is 17.5. The predicted molar refractivity (Wildman–Crippen MR) is 74.9 cm³/mol. The molecule has 0 bridgehead atoms. The van der Waals surface area contributed by atoms with E-state index in [9.17, 15) is 9.90 Å². The van der Waals surface area contributed by atoms with Crippen molar-refractivity contribution in [3.63, 3.8) is 0 Å². The maximum absolute atomic E-state index is 11.9. The van der Waals surface area contributed by atoms with Gasteiger partial charge in [0.1, 0.15) is 0 Å². The fourth-order valence-corrected chi connectivity index (χ4v) is 2.06. The number of β-amino-alcohol motifs (C(OH)–C–C–N with tert-alkyl or cyclic N) is 1. The van der Waals surface area contributed by atoms with E-state index >= 15 is 0 Å². The maximum Gasteiger partial charge on any atom is 0.152 e. The van der Waals surface area contributed by atoms with Crippen LogP contribution in [0.25, 0.3) is 0 Å². The lowest BCUT2D eigenvalue weighted by Gasteiger charge is -2.36. The summed E-state index contributed by atoms with van der Waals surface area (Å²) in [5.74, 6) is 6.06. The Morgan fingerprint density at radius 2 is 2.30 bits per heavy atom. The van der Waals surface area contributed by atoms with Crippen LogP contribution in [-0.4, -0.2) is 72.1 Å². The highest BCUT2D eigenvalue weighted by molar-refractivity contribution is 5.83. The molecule has 0 saturated carbocycles. The molecule has 5 N–H and O–H groups in total. The highest BCUT2D eigenvalue weighted by Crippen LogP contribution is 2.13. The van der Waals surface area contributed by atoms with E-state index in [1.54, 1.807) is 0 Å². The fraction of sp³-hybridized carbons (Fsp3) is 0.923. The van der Waals surface area contributed by atoms with Crippen molar-refractivity contribution in [1.29, 1.82) is 0 Å². The molecule has 0 aromatic carbocycles. The maximum atomic E-state index is 11.9. The van der Waals surface area contributed by atoms with Gasteiger partial charge >= 0.3 is 0 Å². The Morgan fingerprint density at radius 3 is 2.85 bits per heavy atom. The number of hydrogen-bond donors (Lipinski definition) is 4. The average Bonchev–Trinajstić information content (AvgIpc) is 2.92. The summed E-state index contributed by atoms with van der Waals surface area (Å²) in [4.78, 5) is 11.9. The summed E-state index contributed by atoms with van der Waals surface area (Å²) in [7, 11) is 0. The second-order valence-corrected chi connectivity index (χ2v) is 5.93. The molecule has 118 valence electrons. The van der Waals surface area contributed by atoms with Gasteiger partial charge in [0.25, 0.3) is 0 Å². The Hall–Kier alpha value is -0.570. The molecule has 7 nitrogen and oxygen atoms in total. The minimum absolute atomic E-state index is 0.0100. The molecule has 0 aromatic heterocycles. The lowest BCUT2D eigenvalue weighted by Crippen LogP contribution is -2.57. The number of nitrogens with two attached hydrogens (primary N) is 1. The van der Waals surface area contributed by atoms with Gasteiger partial charge in [-0.2, -0.15) is 0 Å². The molecule has 1 saturated heterocycles. The molecule has 20 heavy (non-hydrogen) atoms. The summed E-state index contributed by atoms with van der Waals surface area (Å²) >= 11 is 0. The van der Waals surface area contributed by atoms with Gasteiger partial charge in [-0.05, 0) is 20.3 Å². The van der Waals surface area contributed by atoms with E-state index in [4.69, 9.17) is 15.7 Å².